The van der Waals surface area contributed by atoms with E-state index in [0.29, 0.717) is 6.42 Å². The van der Waals surface area contributed by atoms with Crippen LogP contribution in [-0.2, 0) is 22.9 Å². The second-order valence-corrected chi connectivity index (χ2v) is 8.41. The molecule has 1 amide bonds. The number of methoxy groups -OCH3 is 1. The van der Waals surface area contributed by atoms with Crippen LogP contribution in [0, 0.1) is 10.1 Å². The zero-order valence-electron chi connectivity index (χ0n) is 13.6. The van der Waals surface area contributed by atoms with Crippen LogP contribution in [0.4, 0.5) is 10.7 Å². The summed E-state index contributed by atoms with van der Waals surface area (Å²) in [6.07, 6.45) is 2.31. The number of sulfonamides is 1. The summed E-state index contributed by atoms with van der Waals surface area (Å²) in [5.41, 5.74) is 5.90. The van der Waals surface area contributed by atoms with E-state index in [9.17, 15) is 23.3 Å². The van der Waals surface area contributed by atoms with Gasteiger partial charge in [0.05, 0.1) is 22.5 Å². The van der Waals surface area contributed by atoms with Crippen LogP contribution >= 0.6 is 11.3 Å². The van der Waals surface area contributed by atoms with E-state index in [2.05, 4.69) is 4.72 Å². The van der Waals surface area contributed by atoms with E-state index < -0.39 is 26.5 Å². The van der Waals surface area contributed by atoms with E-state index in [0.717, 1.165) is 29.3 Å². The first-order valence-corrected chi connectivity index (χ1v) is 9.84. The van der Waals surface area contributed by atoms with Gasteiger partial charge in [0.2, 0.25) is 0 Å². The topological polar surface area (TPSA) is 142 Å². The summed E-state index contributed by atoms with van der Waals surface area (Å²) in [6.45, 7) is 0. The Labute approximate surface area is 153 Å². The number of nitrogens with two attached hydrogens (primary N) is 1. The summed E-state index contributed by atoms with van der Waals surface area (Å²) in [5, 5.41) is 11.2. The maximum absolute atomic E-state index is 12.7. The summed E-state index contributed by atoms with van der Waals surface area (Å²) in [7, 11) is -2.89. The van der Waals surface area contributed by atoms with Gasteiger partial charge in [-0.25, -0.2) is 8.42 Å². The molecule has 0 atom stereocenters. The molecule has 0 aliphatic heterocycles. The molecule has 0 radical (unpaired) electrons. The molecule has 9 nitrogen and oxygen atoms in total. The first-order valence-electron chi connectivity index (χ1n) is 7.54. The Morgan fingerprint density at radius 2 is 2.12 bits per heavy atom. The fourth-order valence-electron chi connectivity index (χ4n) is 2.90. The highest BCUT2D eigenvalue weighted by Gasteiger charge is 2.29. The molecular formula is C15H15N3O6S2. The number of anilines is 1. The van der Waals surface area contributed by atoms with E-state index in [1.807, 2.05) is 0 Å². The number of carbonyl (C=O) groups excluding carboxylic acids is 1. The van der Waals surface area contributed by atoms with E-state index >= 15 is 0 Å². The Kier molecular flexibility index (Phi) is 4.59. The number of primary amides is 1. The van der Waals surface area contributed by atoms with Crippen molar-refractivity contribution in [2.24, 2.45) is 5.73 Å². The van der Waals surface area contributed by atoms with Gasteiger partial charge in [-0.1, -0.05) is 0 Å². The van der Waals surface area contributed by atoms with Crippen LogP contribution in [0.25, 0.3) is 0 Å². The predicted molar refractivity (Wildman–Crippen MR) is 95.3 cm³/mol. The minimum absolute atomic E-state index is 0.0538. The maximum atomic E-state index is 12.7. The lowest BCUT2D eigenvalue weighted by Crippen LogP contribution is -2.18. The normalized spacial score (nSPS) is 13.3. The van der Waals surface area contributed by atoms with Crippen LogP contribution < -0.4 is 15.2 Å². The number of nitro groups is 1. The minimum atomic E-state index is -4.15. The Bertz CT molecular complexity index is 1010. The molecule has 2 aromatic rings. The average Bonchev–Trinajstić information content (AvgIpc) is 3.13. The van der Waals surface area contributed by atoms with Crippen molar-refractivity contribution in [2.45, 2.75) is 24.2 Å². The van der Waals surface area contributed by atoms with Crippen molar-refractivity contribution in [1.29, 1.82) is 0 Å². The third-order valence-electron chi connectivity index (χ3n) is 4.05. The average molecular weight is 397 g/mol. The Hall–Kier alpha value is -2.66. The molecule has 0 bridgehead atoms. The number of amides is 1. The summed E-state index contributed by atoms with van der Waals surface area (Å²) in [4.78, 5) is 22.8. The van der Waals surface area contributed by atoms with Gasteiger partial charge >= 0.3 is 5.69 Å². The highest BCUT2D eigenvalue weighted by molar-refractivity contribution is 7.93. The van der Waals surface area contributed by atoms with Crippen LogP contribution in [0.1, 0.15) is 27.2 Å². The molecule has 11 heteroatoms. The van der Waals surface area contributed by atoms with E-state index in [-0.39, 0.29) is 21.2 Å². The molecule has 0 saturated heterocycles. The SMILES string of the molecule is COc1ccc(S(=O)(=O)Nc2sc3c(c2C(N)=O)CCC3)cc1[N+](=O)[O-]. The number of ether oxygens (including phenoxy) is 1. The Balaban J connectivity index is 2.02. The van der Waals surface area contributed by atoms with E-state index in [1.54, 1.807) is 0 Å². The number of nitrogens with zero attached hydrogens (tertiary/aromatic N) is 1. The summed E-state index contributed by atoms with van der Waals surface area (Å²) in [5.74, 6) is -0.760. The second kappa shape index (κ2) is 6.57. The van der Waals surface area contributed by atoms with Gasteiger partial charge in [-0.15, -0.1) is 11.3 Å². The van der Waals surface area contributed by atoms with Crippen molar-refractivity contribution in [2.75, 3.05) is 11.8 Å². The van der Waals surface area contributed by atoms with Crippen molar-refractivity contribution in [3.63, 3.8) is 0 Å². The molecule has 0 spiro atoms. The highest BCUT2D eigenvalue weighted by Crippen LogP contribution is 2.40. The minimum Gasteiger partial charge on any atom is -0.490 e. The lowest BCUT2D eigenvalue weighted by molar-refractivity contribution is -0.386. The first-order chi connectivity index (χ1) is 12.2. The number of fused-ring (bicyclic) bond motifs is 1. The first kappa shape index (κ1) is 18.1. The number of aryl methyl sites for hydroxylation is 1. The molecule has 26 heavy (non-hydrogen) atoms. The number of rotatable bonds is 6. The summed E-state index contributed by atoms with van der Waals surface area (Å²) in [6, 6.07) is 3.31. The zero-order chi connectivity index (χ0) is 19.1. The molecule has 1 aromatic heterocycles. The van der Waals surface area contributed by atoms with Gasteiger partial charge in [-0.3, -0.25) is 19.6 Å². The largest absolute Gasteiger partial charge is 0.490 e. The molecule has 3 N–H and O–H groups in total. The molecule has 138 valence electrons. The van der Waals surface area contributed by atoms with Crippen molar-refractivity contribution >= 4 is 38.0 Å². The third kappa shape index (κ3) is 3.10. The van der Waals surface area contributed by atoms with Crippen molar-refractivity contribution in [1.82, 2.24) is 0 Å². The van der Waals surface area contributed by atoms with Crippen LogP contribution in [0.2, 0.25) is 0 Å². The lowest BCUT2D eigenvalue weighted by atomic mass is 10.1. The number of hydrogen-bond acceptors (Lipinski definition) is 7. The standard InChI is InChI=1S/C15H15N3O6S2/c1-24-11-6-5-8(7-10(11)18(20)21)26(22,23)17-15-13(14(16)19)9-3-2-4-12(9)25-15/h5-7,17H,2-4H2,1H3,(H2,16,19). The maximum Gasteiger partial charge on any atom is 0.312 e. The van der Waals surface area contributed by atoms with Gasteiger partial charge in [0.25, 0.3) is 15.9 Å². The fourth-order valence-corrected chi connectivity index (χ4v) is 5.52. The molecule has 0 unspecified atom stereocenters. The smallest absolute Gasteiger partial charge is 0.312 e. The summed E-state index contributed by atoms with van der Waals surface area (Å²) >= 11 is 1.17. The third-order valence-corrected chi connectivity index (χ3v) is 6.74. The molecule has 1 aromatic carbocycles. The second-order valence-electron chi connectivity index (χ2n) is 5.62. The van der Waals surface area contributed by atoms with Gasteiger partial charge in [0, 0.05) is 10.9 Å². The molecular weight excluding hydrogens is 382 g/mol. The number of thiophene rings is 1. The molecule has 1 aliphatic rings. The number of nitrogens with one attached hydrogen (secondary N) is 1. The van der Waals surface area contributed by atoms with Gasteiger partial charge in [-0.05, 0) is 37.0 Å². The molecule has 1 aliphatic carbocycles. The van der Waals surface area contributed by atoms with Crippen LogP contribution in [0.3, 0.4) is 0 Å². The molecule has 0 saturated carbocycles. The Morgan fingerprint density at radius 1 is 1.38 bits per heavy atom. The van der Waals surface area contributed by atoms with E-state index in [4.69, 9.17) is 10.5 Å². The zero-order valence-corrected chi connectivity index (χ0v) is 15.3. The fraction of sp³-hybridized carbons (Fsp3) is 0.267. The highest BCUT2D eigenvalue weighted by atomic mass is 32.2. The number of benzene rings is 1. The predicted octanol–water partition coefficient (Wildman–Crippen LogP) is 2.05. The quantitative estimate of drug-likeness (QED) is 0.564. The molecule has 3 rings (SSSR count). The number of nitro benzene ring substituents is 1. The van der Waals surface area contributed by atoms with Gasteiger partial charge in [0.1, 0.15) is 5.00 Å². The Morgan fingerprint density at radius 3 is 2.73 bits per heavy atom. The number of hydrogen-bond donors (Lipinski definition) is 2. The van der Waals surface area contributed by atoms with Crippen LogP contribution in [0.5, 0.6) is 5.75 Å². The van der Waals surface area contributed by atoms with Crippen LogP contribution in [-0.4, -0.2) is 26.4 Å². The van der Waals surface area contributed by atoms with Crippen molar-refractivity contribution < 1.29 is 22.9 Å². The van der Waals surface area contributed by atoms with E-state index in [1.165, 1.54) is 30.6 Å². The van der Waals surface area contributed by atoms with Crippen molar-refractivity contribution in [3.8, 4) is 5.75 Å². The molecule has 1 heterocycles. The summed E-state index contributed by atoms with van der Waals surface area (Å²) < 4.78 is 32.5. The number of carbonyl (C=O) groups is 1. The van der Waals surface area contributed by atoms with Crippen LogP contribution in [0.15, 0.2) is 23.1 Å². The lowest BCUT2D eigenvalue weighted by Gasteiger charge is -2.09. The van der Waals surface area contributed by atoms with Gasteiger partial charge < -0.3 is 10.5 Å². The van der Waals surface area contributed by atoms with Gasteiger partial charge in [0.15, 0.2) is 5.75 Å². The molecule has 0 fully saturated rings. The monoisotopic (exact) mass is 397 g/mol. The van der Waals surface area contributed by atoms with Gasteiger partial charge in [-0.2, -0.15) is 0 Å². The van der Waals surface area contributed by atoms with Crippen molar-refractivity contribution in [3.05, 3.63) is 44.3 Å².